The first kappa shape index (κ1) is 15.3. The zero-order valence-electron chi connectivity index (χ0n) is 13.9. The van der Waals surface area contributed by atoms with Crippen molar-refractivity contribution in [3.05, 3.63) is 46.9 Å². The van der Waals surface area contributed by atoms with E-state index in [2.05, 4.69) is 25.8 Å². The molecule has 0 aliphatic heterocycles. The van der Waals surface area contributed by atoms with Crippen molar-refractivity contribution >= 4 is 11.2 Å². The van der Waals surface area contributed by atoms with E-state index in [-0.39, 0.29) is 16.9 Å². The number of aromatic hydroxyl groups is 1. The van der Waals surface area contributed by atoms with Gasteiger partial charge in [0.1, 0.15) is 5.75 Å². The second kappa shape index (κ2) is 5.26. The van der Waals surface area contributed by atoms with E-state index in [1.807, 2.05) is 18.2 Å². The third kappa shape index (κ3) is 2.86. The van der Waals surface area contributed by atoms with Gasteiger partial charge >= 0.3 is 5.69 Å². The highest BCUT2D eigenvalue weighted by Gasteiger charge is 2.18. The molecule has 120 valence electrons. The number of benzene rings is 1. The Kier molecular flexibility index (Phi) is 3.51. The minimum Gasteiger partial charge on any atom is -0.508 e. The Morgan fingerprint density at radius 3 is 2.57 bits per heavy atom. The molecule has 0 saturated heterocycles. The molecule has 0 spiro atoms. The van der Waals surface area contributed by atoms with Crippen molar-refractivity contribution in [3.8, 4) is 17.0 Å². The van der Waals surface area contributed by atoms with Gasteiger partial charge in [0.05, 0.1) is 11.2 Å². The van der Waals surface area contributed by atoms with Crippen LogP contribution >= 0.6 is 0 Å². The molecule has 1 aromatic carbocycles. The summed E-state index contributed by atoms with van der Waals surface area (Å²) in [5.74, 6) is 0.198. The molecule has 0 bridgehead atoms. The summed E-state index contributed by atoms with van der Waals surface area (Å²) in [6.45, 7) is 6.95. The molecule has 3 rings (SSSR count). The fraction of sp³-hybridized carbons (Fsp3) is 0.333. The predicted molar refractivity (Wildman–Crippen MR) is 91.5 cm³/mol. The van der Waals surface area contributed by atoms with Crippen LogP contribution in [0.1, 0.15) is 20.8 Å². The number of phenols is 1. The fourth-order valence-electron chi connectivity index (χ4n) is 2.73. The summed E-state index contributed by atoms with van der Waals surface area (Å²) < 4.78 is 3.35. The fourth-order valence-corrected chi connectivity index (χ4v) is 2.73. The number of pyridine rings is 1. The molecule has 2 aromatic heterocycles. The monoisotopic (exact) mass is 311 g/mol. The number of aromatic nitrogens is 3. The highest BCUT2D eigenvalue weighted by Crippen LogP contribution is 2.25. The lowest BCUT2D eigenvalue weighted by Gasteiger charge is -2.18. The first-order valence-corrected chi connectivity index (χ1v) is 7.62. The van der Waals surface area contributed by atoms with Crippen LogP contribution in [0.3, 0.4) is 0 Å². The van der Waals surface area contributed by atoms with Gasteiger partial charge in [-0.3, -0.25) is 9.13 Å². The van der Waals surface area contributed by atoms with Crippen molar-refractivity contribution in [1.82, 2.24) is 14.1 Å². The summed E-state index contributed by atoms with van der Waals surface area (Å²) in [4.78, 5) is 17.1. The smallest absolute Gasteiger partial charge is 0.330 e. The maximum Gasteiger partial charge on any atom is 0.330 e. The Labute approximate surface area is 134 Å². The van der Waals surface area contributed by atoms with Crippen LogP contribution in [-0.4, -0.2) is 19.2 Å². The van der Waals surface area contributed by atoms with Gasteiger partial charge in [0.25, 0.3) is 0 Å². The molecule has 0 aliphatic carbocycles. The molecule has 23 heavy (non-hydrogen) atoms. The molecule has 5 heteroatoms. The molecular formula is C18H21N3O2. The average molecular weight is 311 g/mol. The second-order valence-electron chi connectivity index (χ2n) is 7.08. The number of imidazole rings is 1. The number of aryl methyl sites for hydroxylation is 1. The first-order valence-electron chi connectivity index (χ1n) is 7.62. The van der Waals surface area contributed by atoms with Crippen molar-refractivity contribution in [2.45, 2.75) is 27.3 Å². The third-order valence-electron chi connectivity index (χ3n) is 3.76. The number of hydrogen-bond donors (Lipinski definition) is 1. The number of hydrogen-bond acceptors (Lipinski definition) is 3. The zero-order valence-corrected chi connectivity index (χ0v) is 13.9. The van der Waals surface area contributed by atoms with E-state index in [9.17, 15) is 9.90 Å². The maximum absolute atomic E-state index is 12.5. The molecule has 3 aromatic rings. The first-order chi connectivity index (χ1) is 10.8. The summed E-state index contributed by atoms with van der Waals surface area (Å²) >= 11 is 0. The molecule has 0 aliphatic rings. The summed E-state index contributed by atoms with van der Waals surface area (Å²) in [7, 11) is 1.74. The van der Waals surface area contributed by atoms with Crippen LogP contribution in [0.25, 0.3) is 22.4 Å². The molecule has 1 N–H and O–H groups in total. The Morgan fingerprint density at radius 2 is 1.91 bits per heavy atom. The van der Waals surface area contributed by atoms with Gasteiger partial charge in [-0.15, -0.1) is 0 Å². The number of rotatable bonds is 2. The van der Waals surface area contributed by atoms with Gasteiger partial charge < -0.3 is 5.11 Å². The largest absolute Gasteiger partial charge is 0.508 e. The summed E-state index contributed by atoms with van der Waals surface area (Å²) in [5, 5.41) is 9.63. The van der Waals surface area contributed by atoms with Gasteiger partial charge in [-0.05, 0) is 29.7 Å². The lowest BCUT2D eigenvalue weighted by Crippen LogP contribution is -2.27. The van der Waals surface area contributed by atoms with Gasteiger partial charge in [-0.2, -0.15) is 0 Å². The van der Waals surface area contributed by atoms with Crippen molar-refractivity contribution < 1.29 is 5.11 Å². The van der Waals surface area contributed by atoms with Gasteiger partial charge in [0, 0.05) is 19.2 Å². The van der Waals surface area contributed by atoms with Crippen LogP contribution in [-0.2, 0) is 13.6 Å². The highest BCUT2D eigenvalue weighted by molar-refractivity contribution is 5.76. The van der Waals surface area contributed by atoms with E-state index >= 15 is 0 Å². The molecular weight excluding hydrogens is 290 g/mol. The van der Waals surface area contributed by atoms with Crippen molar-refractivity contribution in [2.24, 2.45) is 12.5 Å². The Morgan fingerprint density at radius 1 is 1.17 bits per heavy atom. The summed E-state index contributed by atoms with van der Waals surface area (Å²) in [6.07, 6.45) is 0. The minimum absolute atomic E-state index is 0.00199. The van der Waals surface area contributed by atoms with Crippen LogP contribution in [0.5, 0.6) is 5.75 Å². The zero-order chi connectivity index (χ0) is 16.8. The Hall–Kier alpha value is -2.56. The topological polar surface area (TPSA) is 60.0 Å². The van der Waals surface area contributed by atoms with E-state index < -0.39 is 0 Å². The standard InChI is InChI=1S/C18H21N3O2/c1-18(2,3)11-21-15-9-8-14(12-6-5-7-13(22)10-12)19-16(15)20(4)17(21)23/h5-10,22H,11H2,1-4H3. The van der Waals surface area contributed by atoms with Crippen molar-refractivity contribution in [1.29, 1.82) is 0 Å². The molecule has 0 unspecified atom stereocenters. The van der Waals surface area contributed by atoms with E-state index in [1.54, 1.807) is 34.4 Å². The average Bonchev–Trinajstić information content (AvgIpc) is 2.71. The van der Waals surface area contributed by atoms with Gasteiger partial charge in [-0.25, -0.2) is 9.78 Å². The molecule has 5 nitrogen and oxygen atoms in total. The van der Waals surface area contributed by atoms with Crippen molar-refractivity contribution in [3.63, 3.8) is 0 Å². The predicted octanol–water partition coefficient (Wildman–Crippen LogP) is 3.15. The van der Waals surface area contributed by atoms with Crippen LogP contribution < -0.4 is 5.69 Å². The normalized spacial score (nSPS) is 12.0. The number of fused-ring (bicyclic) bond motifs is 1. The molecule has 0 atom stereocenters. The number of nitrogens with zero attached hydrogens (tertiary/aromatic N) is 3. The summed E-state index contributed by atoms with van der Waals surface area (Å²) in [5.41, 5.74) is 2.98. The van der Waals surface area contributed by atoms with Crippen molar-refractivity contribution in [2.75, 3.05) is 0 Å². The Balaban J connectivity index is 2.18. The molecule has 0 fully saturated rings. The summed E-state index contributed by atoms with van der Waals surface area (Å²) in [6, 6.07) is 10.8. The van der Waals surface area contributed by atoms with E-state index in [4.69, 9.17) is 0 Å². The quantitative estimate of drug-likeness (QED) is 0.791. The Bertz CT molecular complexity index is 930. The molecule has 0 radical (unpaired) electrons. The SMILES string of the molecule is Cn1c(=O)n(CC(C)(C)C)c2ccc(-c3cccc(O)c3)nc21. The van der Waals surface area contributed by atoms with E-state index in [0.717, 1.165) is 16.8 Å². The molecule has 0 amide bonds. The number of phenolic OH excluding ortho intramolecular Hbond substituents is 1. The van der Waals surface area contributed by atoms with Crippen LogP contribution in [0.2, 0.25) is 0 Å². The highest BCUT2D eigenvalue weighted by atomic mass is 16.3. The lowest BCUT2D eigenvalue weighted by molar-refractivity contribution is 0.342. The third-order valence-corrected chi connectivity index (χ3v) is 3.76. The van der Waals surface area contributed by atoms with Gasteiger partial charge in [-0.1, -0.05) is 32.9 Å². The maximum atomic E-state index is 12.5. The lowest BCUT2D eigenvalue weighted by atomic mass is 9.97. The second-order valence-corrected chi connectivity index (χ2v) is 7.08. The van der Waals surface area contributed by atoms with Gasteiger partial charge in [0.15, 0.2) is 5.65 Å². The van der Waals surface area contributed by atoms with Crippen LogP contribution in [0.15, 0.2) is 41.2 Å². The van der Waals surface area contributed by atoms with E-state index in [1.165, 1.54) is 0 Å². The van der Waals surface area contributed by atoms with E-state index in [0.29, 0.717) is 12.2 Å². The van der Waals surface area contributed by atoms with Gasteiger partial charge in [0.2, 0.25) is 0 Å². The molecule has 2 heterocycles. The van der Waals surface area contributed by atoms with Crippen LogP contribution in [0.4, 0.5) is 0 Å². The van der Waals surface area contributed by atoms with Crippen LogP contribution in [0, 0.1) is 5.41 Å². The minimum atomic E-state index is -0.0597. The molecule has 0 saturated carbocycles.